The molecule has 0 spiro atoms. The predicted molar refractivity (Wildman–Crippen MR) is 66.6 cm³/mol. The molecule has 0 aliphatic carbocycles. The molecule has 0 atom stereocenters. The molecule has 0 bridgehead atoms. The number of phenols is 1. The van der Waals surface area contributed by atoms with Gasteiger partial charge >= 0.3 is 0 Å². The van der Waals surface area contributed by atoms with Gasteiger partial charge in [0.25, 0.3) is 0 Å². The molecule has 0 heterocycles. The van der Waals surface area contributed by atoms with Gasteiger partial charge in [-0.1, -0.05) is 43.0 Å². The molecule has 0 aliphatic rings. The van der Waals surface area contributed by atoms with Crippen molar-refractivity contribution in [3.05, 3.63) is 27.7 Å². The van der Waals surface area contributed by atoms with E-state index in [9.17, 15) is 9.90 Å². The number of carbonyl (C=O) groups excluding carboxylic acids is 1. The second-order valence-corrected chi connectivity index (χ2v) is 4.51. The van der Waals surface area contributed by atoms with Crippen LogP contribution in [0.2, 0.25) is 10.0 Å². The number of benzene rings is 1. The lowest BCUT2D eigenvalue weighted by Gasteiger charge is -2.06. The Morgan fingerprint density at radius 2 is 2.00 bits per heavy atom. The first-order chi connectivity index (χ1) is 7.56. The van der Waals surface area contributed by atoms with E-state index in [4.69, 9.17) is 23.2 Å². The van der Waals surface area contributed by atoms with E-state index in [-0.39, 0.29) is 22.1 Å². The minimum atomic E-state index is -0.140. The lowest BCUT2D eigenvalue weighted by Crippen LogP contribution is -2.00. The molecule has 0 radical (unpaired) electrons. The van der Waals surface area contributed by atoms with E-state index < -0.39 is 0 Å². The average molecular weight is 261 g/mol. The summed E-state index contributed by atoms with van der Waals surface area (Å²) >= 11 is 11.6. The van der Waals surface area contributed by atoms with E-state index in [1.165, 1.54) is 12.1 Å². The minimum Gasteiger partial charge on any atom is -0.507 e. The van der Waals surface area contributed by atoms with Crippen molar-refractivity contribution in [3.63, 3.8) is 0 Å². The molecule has 1 aromatic carbocycles. The zero-order valence-electron chi connectivity index (χ0n) is 9.09. The van der Waals surface area contributed by atoms with Crippen molar-refractivity contribution < 1.29 is 9.90 Å². The van der Waals surface area contributed by atoms with Crippen LogP contribution in [0.15, 0.2) is 12.1 Å². The monoisotopic (exact) mass is 260 g/mol. The zero-order valence-corrected chi connectivity index (χ0v) is 10.6. The van der Waals surface area contributed by atoms with Crippen molar-refractivity contribution in [1.29, 1.82) is 0 Å². The summed E-state index contributed by atoms with van der Waals surface area (Å²) in [5.41, 5.74) is 0.183. The smallest absolute Gasteiger partial charge is 0.168 e. The number of Topliss-reactive ketones (excluding diaryl/α,β-unsaturated/α-hetero) is 1. The molecule has 0 unspecified atom stereocenters. The van der Waals surface area contributed by atoms with Crippen molar-refractivity contribution in [3.8, 4) is 5.75 Å². The van der Waals surface area contributed by atoms with E-state index >= 15 is 0 Å². The molecular formula is C12H14Cl2O2. The van der Waals surface area contributed by atoms with Crippen LogP contribution in [0, 0.1) is 0 Å². The molecule has 0 saturated heterocycles. The van der Waals surface area contributed by atoms with Crippen molar-refractivity contribution >= 4 is 29.0 Å². The van der Waals surface area contributed by atoms with Crippen LogP contribution in [0.1, 0.15) is 43.0 Å². The van der Waals surface area contributed by atoms with Crippen LogP contribution in [0.3, 0.4) is 0 Å². The number of hydrogen-bond donors (Lipinski definition) is 1. The highest BCUT2D eigenvalue weighted by atomic mass is 35.5. The summed E-state index contributed by atoms with van der Waals surface area (Å²) in [4.78, 5) is 11.8. The van der Waals surface area contributed by atoms with Gasteiger partial charge in [0.15, 0.2) is 5.78 Å². The summed E-state index contributed by atoms with van der Waals surface area (Å²) in [6.45, 7) is 2.07. The van der Waals surface area contributed by atoms with E-state index in [1.807, 2.05) is 0 Å². The second kappa shape index (κ2) is 6.12. The van der Waals surface area contributed by atoms with Crippen LogP contribution in [0.25, 0.3) is 0 Å². The molecule has 4 heteroatoms. The van der Waals surface area contributed by atoms with Gasteiger partial charge in [0.05, 0.1) is 10.6 Å². The third-order valence-corrected chi connectivity index (χ3v) is 2.84. The fourth-order valence-corrected chi connectivity index (χ4v) is 2.08. The number of rotatable bonds is 5. The largest absolute Gasteiger partial charge is 0.507 e. The first-order valence-corrected chi connectivity index (χ1v) is 6.03. The summed E-state index contributed by atoms with van der Waals surface area (Å²) in [5, 5.41) is 10.2. The van der Waals surface area contributed by atoms with Crippen LogP contribution < -0.4 is 0 Å². The highest BCUT2D eigenvalue weighted by Gasteiger charge is 2.15. The molecule has 0 fully saturated rings. The summed E-state index contributed by atoms with van der Waals surface area (Å²) < 4.78 is 0. The van der Waals surface area contributed by atoms with Gasteiger partial charge in [0.1, 0.15) is 5.75 Å². The third-order valence-electron chi connectivity index (χ3n) is 2.32. The van der Waals surface area contributed by atoms with Crippen molar-refractivity contribution in [1.82, 2.24) is 0 Å². The minimum absolute atomic E-state index is 0.132. The summed E-state index contributed by atoms with van der Waals surface area (Å²) in [6.07, 6.45) is 3.27. The highest BCUT2D eigenvalue weighted by molar-refractivity contribution is 6.37. The Balaban J connectivity index is 2.83. The van der Waals surface area contributed by atoms with Crippen LogP contribution in [0.5, 0.6) is 5.75 Å². The molecule has 2 nitrogen and oxygen atoms in total. The molecule has 16 heavy (non-hydrogen) atoms. The SMILES string of the molecule is CCCCCC(=O)c1c(O)cc(Cl)cc1Cl. The molecule has 0 aromatic heterocycles. The summed E-state index contributed by atoms with van der Waals surface area (Å²) in [5.74, 6) is -0.272. The van der Waals surface area contributed by atoms with Gasteiger partial charge in [-0.25, -0.2) is 0 Å². The quantitative estimate of drug-likeness (QED) is 0.627. The van der Waals surface area contributed by atoms with Gasteiger partial charge in [0, 0.05) is 11.4 Å². The molecular weight excluding hydrogens is 247 g/mol. The number of ketones is 1. The van der Waals surface area contributed by atoms with Gasteiger partial charge in [-0.2, -0.15) is 0 Å². The van der Waals surface area contributed by atoms with E-state index in [0.717, 1.165) is 19.3 Å². The van der Waals surface area contributed by atoms with E-state index in [2.05, 4.69) is 6.92 Å². The van der Waals surface area contributed by atoms with Crippen LogP contribution in [-0.2, 0) is 0 Å². The molecule has 1 N–H and O–H groups in total. The standard InChI is InChI=1S/C12H14Cl2O2/c1-2-3-4-5-10(15)12-9(14)6-8(13)7-11(12)16/h6-7,16H,2-5H2,1H3. The molecule has 88 valence electrons. The molecule has 0 aliphatic heterocycles. The van der Waals surface area contributed by atoms with Crippen LogP contribution >= 0.6 is 23.2 Å². The molecule has 1 rings (SSSR count). The van der Waals surface area contributed by atoms with Crippen LogP contribution in [0.4, 0.5) is 0 Å². The number of carbonyl (C=O) groups is 1. The molecule has 0 saturated carbocycles. The van der Waals surface area contributed by atoms with Crippen molar-refractivity contribution in [2.45, 2.75) is 32.6 Å². The maximum Gasteiger partial charge on any atom is 0.168 e. The number of phenolic OH excluding ortho intramolecular Hbond substituents is 1. The van der Waals surface area contributed by atoms with Gasteiger partial charge in [-0.05, 0) is 18.6 Å². The maximum absolute atomic E-state index is 11.8. The molecule has 0 amide bonds. The third kappa shape index (κ3) is 3.39. The zero-order chi connectivity index (χ0) is 12.1. The summed E-state index contributed by atoms with van der Waals surface area (Å²) in [6, 6.07) is 2.80. The topological polar surface area (TPSA) is 37.3 Å². The normalized spacial score (nSPS) is 10.4. The van der Waals surface area contributed by atoms with Gasteiger partial charge < -0.3 is 5.11 Å². The van der Waals surface area contributed by atoms with Gasteiger partial charge in [0.2, 0.25) is 0 Å². The van der Waals surface area contributed by atoms with Gasteiger partial charge in [-0.15, -0.1) is 0 Å². The lowest BCUT2D eigenvalue weighted by molar-refractivity contribution is 0.0977. The first-order valence-electron chi connectivity index (χ1n) is 5.27. The lowest BCUT2D eigenvalue weighted by atomic mass is 10.0. The average Bonchev–Trinajstić information content (AvgIpc) is 2.16. The van der Waals surface area contributed by atoms with Crippen molar-refractivity contribution in [2.75, 3.05) is 0 Å². The summed E-state index contributed by atoms with van der Waals surface area (Å²) in [7, 11) is 0. The first kappa shape index (κ1) is 13.3. The number of halogens is 2. The fraction of sp³-hybridized carbons (Fsp3) is 0.417. The Morgan fingerprint density at radius 3 is 2.56 bits per heavy atom. The Bertz CT molecular complexity index is 366. The maximum atomic E-state index is 11.8. The second-order valence-electron chi connectivity index (χ2n) is 3.66. The van der Waals surface area contributed by atoms with Crippen LogP contribution in [-0.4, -0.2) is 10.9 Å². The predicted octanol–water partition coefficient (Wildman–Crippen LogP) is 4.46. The van der Waals surface area contributed by atoms with E-state index in [1.54, 1.807) is 0 Å². The Kier molecular flexibility index (Phi) is 5.10. The van der Waals surface area contributed by atoms with Crippen molar-refractivity contribution in [2.24, 2.45) is 0 Å². The fourth-order valence-electron chi connectivity index (χ4n) is 1.50. The Labute approximate surface area is 105 Å². The van der Waals surface area contributed by atoms with Gasteiger partial charge in [-0.3, -0.25) is 4.79 Å². The Hall–Kier alpha value is -0.730. The number of unbranched alkanes of at least 4 members (excludes halogenated alkanes) is 2. The highest BCUT2D eigenvalue weighted by Crippen LogP contribution is 2.31. The Morgan fingerprint density at radius 1 is 1.31 bits per heavy atom. The van der Waals surface area contributed by atoms with E-state index in [0.29, 0.717) is 11.4 Å². The molecule has 1 aromatic rings. The number of aromatic hydroxyl groups is 1. The number of hydrogen-bond acceptors (Lipinski definition) is 2.